The Morgan fingerprint density at radius 1 is 1.47 bits per heavy atom. The van der Waals surface area contributed by atoms with Gasteiger partial charge in [-0.2, -0.15) is 0 Å². The third kappa shape index (κ3) is 4.11. The minimum atomic E-state index is -0.712. The molecular weight excluding hydrogens is 245 g/mol. The summed E-state index contributed by atoms with van der Waals surface area (Å²) in [5.74, 6) is -0.343. The fourth-order valence-corrected chi connectivity index (χ4v) is 2.62. The van der Waals surface area contributed by atoms with Gasteiger partial charge in [0, 0.05) is 13.0 Å². The molecule has 0 radical (unpaired) electrons. The van der Waals surface area contributed by atoms with E-state index in [0.29, 0.717) is 12.1 Å². The third-order valence-corrected chi connectivity index (χ3v) is 3.50. The predicted molar refractivity (Wildman–Crippen MR) is 71.4 cm³/mol. The Hall–Kier alpha value is -1.26. The van der Waals surface area contributed by atoms with Crippen LogP contribution in [0.25, 0.3) is 0 Å². The Kier molecular flexibility index (Phi) is 4.32. The lowest BCUT2D eigenvalue weighted by atomic mass is 9.95. The molecule has 0 amide bonds. The Labute approximate surface area is 113 Å². The zero-order valence-corrected chi connectivity index (χ0v) is 11.2. The SMILES string of the molecule is CC1(O)CCCN(CC(=O)Cc2ccccc2F)C1. The van der Waals surface area contributed by atoms with E-state index in [2.05, 4.69) is 0 Å². The molecule has 4 heteroatoms. The number of carbonyl (C=O) groups is 1. The van der Waals surface area contributed by atoms with Crippen LogP contribution in [0, 0.1) is 5.82 Å². The number of likely N-dealkylation sites (tertiary alicyclic amines) is 1. The number of carbonyl (C=O) groups excluding carboxylic acids is 1. The van der Waals surface area contributed by atoms with E-state index in [9.17, 15) is 14.3 Å². The molecule has 1 saturated heterocycles. The minimum absolute atomic E-state index is 0.0113. The molecule has 1 fully saturated rings. The van der Waals surface area contributed by atoms with Crippen molar-refractivity contribution in [2.24, 2.45) is 0 Å². The zero-order chi connectivity index (χ0) is 13.9. The highest BCUT2D eigenvalue weighted by atomic mass is 19.1. The summed E-state index contributed by atoms with van der Waals surface area (Å²) in [6.45, 7) is 3.40. The Morgan fingerprint density at radius 2 is 2.21 bits per heavy atom. The van der Waals surface area contributed by atoms with Gasteiger partial charge in [0.15, 0.2) is 5.78 Å². The first kappa shape index (κ1) is 14.2. The molecule has 0 bridgehead atoms. The van der Waals surface area contributed by atoms with Crippen molar-refractivity contribution in [3.63, 3.8) is 0 Å². The van der Waals surface area contributed by atoms with E-state index in [1.807, 2.05) is 4.90 Å². The molecule has 1 aromatic rings. The van der Waals surface area contributed by atoms with Crippen LogP contribution in [0.15, 0.2) is 24.3 Å². The summed E-state index contributed by atoms with van der Waals surface area (Å²) in [7, 11) is 0. The molecule has 0 spiro atoms. The maximum absolute atomic E-state index is 13.4. The standard InChI is InChI=1S/C15H20FNO2/c1-15(19)7-4-8-17(11-15)10-13(18)9-12-5-2-3-6-14(12)16/h2-3,5-6,19H,4,7-11H2,1H3. The fourth-order valence-electron chi connectivity index (χ4n) is 2.62. The van der Waals surface area contributed by atoms with Crippen molar-refractivity contribution in [2.75, 3.05) is 19.6 Å². The van der Waals surface area contributed by atoms with Gasteiger partial charge in [-0.05, 0) is 37.9 Å². The van der Waals surface area contributed by atoms with Gasteiger partial charge in [0.2, 0.25) is 0 Å². The number of ketones is 1. The lowest BCUT2D eigenvalue weighted by Crippen LogP contribution is -2.47. The van der Waals surface area contributed by atoms with Crippen LogP contribution in [-0.2, 0) is 11.2 Å². The number of β-amino-alcohol motifs (C(OH)–C–C–N with tert-alkyl or cyclic N) is 1. The summed E-state index contributed by atoms with van der Waals surface area (Å²) in [6, 6.07) is 6.36. The molecule has 1 N–H and O–H groups in total. The van der Waals surface area contributed by atoms with Crippen molar-refractivity contribution >= 4 is 5.78 Å². The molecule has 104 valence electrons. The Morgan fingerprint density at radius 3 is 2.89 bits per heavy atom. The van der Waals surface area contributed by atoms with E-state index in [4.69, 9.17) is 0 Å². The lowest BCUT2D eigenvalue weighted by molar-refractivity contribution is -0.121. The van der Waals surface area contributed by atoms with Crippen LogP contribution in [0.3, 0.4) is 0 Å². The number of nitrogens with zero attached hydrogens (tertiary/aromatic N) is 1. The first-order valence-corrected chi connectivity index (χ1v) is 6.66. The molecule has 1 unspecified atom stereocenters. The van der Waals surface area contributed by atoms with Gasteiger partial charge < -0.3 is 5.11 Å². The van der Waals surface area contributed by atoms with E-state index in [-0.39, 0.29) is 24.6 Å². The number of hydrogen-bond donors (Lipinski definition) is 1. The first-order chi connectivity index (χ1) is 8.96. The molecule has 1 aliphatic heterocycles. The maximum Gasteiger partial charge on any atom is 0.151 e. The van der Waals surface area contributed by atoms with Crippen LogP contribution < -0.4 is 0 Å². The van der Waals surface area contributed by atoms with Crippen LogP contribution in [0.1, 0.15) is 25.3 Å². The van der Waals surface area contributed by atoms with Crippen molar-refractivity contribution in [1.82, 2.24) is 4.90 Å². The van der Waals surface area contributed by atoms with Crippen molar-refractivity contribution in [1.29, 1.82) is 0 Å². The van der Waals surface area contributed by atoms with Crippen molar-refractivity contribution in [3.8, 4) is 0 Å². The lowest BCUT2D eigenvalue weighted by Gasteiger charge is -2.36. The van der Waals surface area contributed by atoms with E-state index in [0.717, 1.165) is 19.4 Å². The van der Waals surface area contributed by atoms with E-state index in [1.165, 1.54) is 6.07 Å². The highest BCUT2D eigenvalue weighted by Gasteiger charge is 2.29. The number of rotatable bonds is 4. The molecule has 0 saturated carbocycles. The van der Waals surface area contributed by atoms with Gasteiger partial charge in [0.05, 0.1) is 12.1 Å². The molecule has 0 aliphatic carbocycles. The van der Waals surface area contributed by atoms with Gasteiger partial charge in [0.1, 0.15) is 5.82 Å². The zero-order valence-electron chi connectivity index (χ0n) is 11.2. The number of aliphatic hydroxyl groups is 1. The van der Waals surface area contributed by atoms with Crippen molar-refractivity contribution in [3.05, 3.63) is 35.6 Å². The van der Waals surface area contributed by atoms with Gasteiger partial charge in [-0.25, -0.2) is 4.39 Å². The highest BCUT2D eigenvalue weighted by molar-refractivity contribution is 5.82. The number of hydrogen-bond acceptors (Lipinski definition) is 3. The second kappa shape index (κ2) is 5.80. The largest absolute Gasteiger partial charge is 0.389 e. The third-order valence-electron chi connectivity index (χ3n) is 3.50. The number of Topliss-reactive ketones (excluding diaryl/α,β-unsaturated/α-hetero) is 1. The molecule has 1 heterocycles. The molecule has 19 heavy (non-hydrogen) atoms. The quantitative estimate of drug-likeness (QED) is 0.902. The number of piperidine rings is 1. The molecule has 1 atom stereocenters. The molecule has 3 nitrogen and oxygen atoms in total. The molecule has 0 aromatic heterocycles. The maximum atomic E-state index is 13.4. The normalized spacial score (nSPS) is 24.4. The summed E-state index contributed by atoms with van der Waals surface area (Å²) < 4.78 is 13.4. The first-order valence-electron chi connectivity index (χ1n) is 6.66. The van der Waals surface area contributed by atoms with Gasteiger partial charge >= 0.3 is 0 Å². The van der Waals surface area contributed by atoms with E-state index >= 15 is 0 Å². The highest BCUT2D eigenvalue weighted by Crippen LogP contribution is 2.20. The Bertz CT molecular complexity index is 459. The van der Waals surface area contributed by atoms with Crippen LogP contribution in [0.2, 0.25) is 0 Å². The van der Waals surface area contributed by atoms with E-state index in [1.54, 1.807) is 25.1 Å². The summed E-state index contributed by atoms with van der Waals surface area (Å²) in [5.41, 5.74) is -0.271. The van der Waals surface area contributed by atoms with Crippen molar-refractivity contribution in [2.45, 2.75) is 31.8 Å². The van der Waals surface area contributed by atoms with Gasteiger partial charge in [0.25, 0.3) is 0 Å². The van der Waals surface area contributed by atoms with Gasteiger partial charge in [-0.1, -0.05) is 18.2 Å². The minimum Gasteiger partial charge on any atom is -0.389 e. The smallest absolute Gasteiger partial charge is 0.151 e. The molecule has 1 aliphatic rings. The average molecular weight is 265 g/mol. The summed E-state index contributed by atoms with van der Waals surface area (Å²) in [5, 5.41) is 9.98. The van der Waals surface area contributed by atoms with Crippen LogP contribution in [0.4, 0.5) is 4.39 Å². The average Bonchev–Trinajstić information content (AvgIpc) is 2.30. The number of benzene rings is 1. The Balaban J connectivity index is 1.90. The molecule has 2 rings (SSSR count). The second-order valence-electron chi connectivity index (χ2n) is 5.62. The summed E-state index contributed by atoms with van der Waals surface area (Å²) in [6.07, 6.45) is 1.77. The van der Waals surface area contributed by atoms with Gasteiger partial charge in [-0.15, -0.1) is 0 Å². The van der Waals surface area contributed by atoms with Crippen LogP contribution in [-0.4, -0.2) is 41.0 Å². The second-order valence-corrected chi connectivity index (χ2v) is 5.62. The molecule has 1 aromatic carbocycles. The van der Waals surface area contributed by atoms with Crippen molar-refractivity contribution < 1.29 is 14.3 Å². The number of halogens is 1. The monoisotopic (exact) mass is 265 g/mol. The van der Waals surface area contributed by atoms with Gasteiger partial charge in [-0.3, -0.25) is 9.69 Å². The summed E-state index contributed by atoms with van der Waals surface area (Å²) >= 11 is 0. The van der Waals surface area contributed by atoms with Crippen LogP contribution in [0.5, 0.6) is 0 Å². The molecular formula is C15H20FNO2. The summed E-state index contributed by atoms with van der Waals surface area (Å²) in [4.78, 5) is 13.9. The van der Waals surface area contributed by atoms with Crippen LogP contribution >= 0.6 is 0 Å². The van der Waals surface area contributed by atoms with E-state index < -0.39 is 5.60 Å². The predicted octanol–water partition coefficient (Wildman–Crippen LogP) is 1.78. The fraction of sp³-hybridized carbons (Fsp3) is 0.533. The topological polar surface area (TPSA) is 40.5 Å².